The minimum Gasteiger partial charge on any atom is -0.497 e. The SMILES string of the molecule is COc1ccc(C=NNC(=O)c2[nH]c3c([N+](=O)[O-])cccc3c2C)cc1. The zero-order chi connectivity index (χ0) is 18.7. The third-order valence-corrected chi connectivity index (χ3v) is 3.99. The maximum absolute atomic E-state index is 12.4. The number of hydrazone groups is 1. The maximum Gasteiger partial charge on any atom is 0.293 e. The van der Waals surface area contributed by atoms with Crippen LogP contribution in [-0.2, 0) is 0 Å². The van der Waals surface area contributed by atoms with Crippen LogP contribution in [0.25, 0.3) is 10.9 Å². The number of nitro benzene ring substituents is 1. The highest BCUT2D eigenvalue weighted by molar-refractivity contribution is 6.03. The molecule has 1 heterocycles. The molecule has 0 bridgehead atoms. The number of non-ortho nitro benzene ring substituents is 1. The molecular formula is C18H16N4O4. The van der Waals surface area contributed by atoms with Gasteiger partial charge in [-0.25, -0.2) is 5.43 Å². The Morgan fingerprint density at radius 1 is 1.27 bits per heavy atom. The van der Waals surface area contributed by atoms with E-state index in [1.54, 1.807) is 50.4 Å². The number of H-pyrrole nitrogens is 1. The summed E-state index contributed by atoms with van der Waals surface area (Å²) in [7, 11) is 1.58. The largest absolute Gasteiger partial charge is 0.497 e. The molecule has 2 N–H and O–H groups in total. The number of aryl methyl sites for hydroxylation is 1. The number of methoxy groups -OCH3 is 1. The van der Waals surface area contributed by atoms with Gasteiger partial charge in [-0.3, -0.25) is 14.9 Å². The van der Waals surface area contributed by atoms with Gasteiger partial charge in [0.2, 0.25) is 0 Å². The van der Waals surface area contributed by atoms with Crippen molar-refractivity contribution in [3.63, 3.8) is 0 Å². The number of nitrogens with one attached hydrogen (secondary N) is 2. The van der Waals surface area contributed by atoms with Crippen LogP contribution < -0.4 is 10.2 Å². The van der Waals surface area contributed by atoms with E-state index in [-0.39, 0.29) is 11.4 Å². The number of amides is 1. The van der Waals surface area contributed by atoms with E-state index in [1.165, 1.54) is 12.3 Å². The average Bonchev–Trinajstić information content (AvgIpc) is 2.99. The standard InChI is InChI=1S/C18H16N4O4/c1-11-14-4-3-5-15(22(24)25)17(14)20-16(11)18(23)21-19-10-12-6-8-13(26-2)9-7-12/h3-10,20H,1-2H3,(H,21,23). The van der Waals surface area contributed by atoms with Crippen LogP contribution in [0.2, 0.25) is 0 Å². The molecule has 0 aliphatic rings. The number of hydrogen-bond acceptors (Lipinski definition) is 5. The zero-order valence-corrected chi connectivity index (χ0v) is 14.1. The van der Waals surface area contributed by atoms with Crippen molar-refractivity contribution in [3.8, 4) is 5.75 Å². The summed E-state index contributed by atoms with van der Waals surface area (Å²) in [4.78, 5) is 25.8. The topological polar surface area (TPSA) is 110 Å². The Labute approximate surface area is 148 Å². The van der Waals surface area contributed by atoms with Crippen LogP contribution in [-0.4, -0.2) is 29.1 Å². The van der Waals surface area contributed by atoms with E-state index in [0.29, 0.717) is 16.5 Å². The summed E-state index contributed by atoms with van der Waals surface area (Å²) < 4.78 is 5.07. The molecule has 1 aromatic heterocycles. The lowest BCUT2D eigenvalue weighted by Crippen LogP contribution is -2.18. The average molecular weight is 352 g/mol. The first-order valence-electron chi connectivity index (χ1n) is 7.74. The van der Waals surface area contributed by atoms with Gasteiger partial charge >= 0.3 is 0 Å². The van der Waals surface area contributed by atoms with Crippen molar-refractivity contribution in [1.82, 2.24) is 10.4 Å². The number of carbonyl (C=O) groups is 1. The van der Waals surface area contributed by atoms with E-state index in [9.17, 15) is 14.9 Å². The Morgan fingerprint density at radius 2 is 2.00 bits per heavy atom. The lowest BCUT2D eigenvalue weighted by Gasteiger charge is -2.00. The molecule has 132 valence electrons. The number of rotatable bonds is 5. The summed E-state index contributed by atoms with van der Waals surface area (Å²) in [5.41, 5.74) is 4.32. The van der Waals surface area contributed by atoms with Crippen LogP contribution in [0.1, 0.15) is 21.6 Å². The number of carbonyl (C=O) groups excluding carboxylic acids is 1. The van der Waals surface area contributed by atoms with E-state index >= 15 is 0 Å². The fourth-order valence-electron chi connectivity index (χ4n) is 2.63. The fraction of sp³-hybridized carbons (Fsp3) is 0.111. The van der Waals surface area contributed by atoms with Crippen LogP contribution >= 0.6 is 0 Å². The molecule has 0 aliphatic carbocycles. The van der Waals surface area contributed by atoms with Crippen molar-refractivity contribution >= 4 is 28.7 Å². The number of hydrogen-bond donors (Lipinski definition) is 2. The molecule has 0 fully saturated rings. The molecule has 0 saturated carbocycles. The number of fused-ring (bicyclic) bond motifs is 1. The number of aromatic amines is 1. The minimum atomic E-state index is -0.484. The molecule has 0 saturated heterocycles. The summed E-state index contributed by atoms with van der Waals surface area (Å²) in [6.45, 7) is 1.73. The summed E-state index contributed by atoms with van der Waals surface area (Å²) in [6, 6.07) is 11.9. The summed E-state index contributed by atoms with van der Waals surface area (Å²) >= 11 is 0. The third kappa shape index (κ3) is 3.25. The van der Waals surface area contributed by atoms with E-state index in [0.717, 1.165) is 11.3 Å². The summed E-state index contributed by atoms with van der Waals surface area (Å²) in [6.07, 6.45) is 1.50. The van der Waals surface area contributed by atoms with Crippen LogP contribution in [0, 0.1) is 17.0 Å². The first kappa shape index (κ1) is 17.2. The second kappa shape index (κ2) is 7.06. The number of nitrogens with zero attached hydrogens (tertiary/aromatic N) is 2. The van der Waals surface area contributed by atoms with Crippen molar-refractivity contribution < 1.29 is 14.5 Å². The molecule has 3 rings (SSSR count). The zero-order valence-electron chi connectivity index (χ0n) is 14.1. The van der Waals surface area contributed by atoms with E-state index in [4.69, 9.17) is 4.74 Å². The minimum absolute atomic E-state index is 0.0774. The van der Waals surface area contributed by atoms with Crippen LogP contribution in [0.5, 0.6) is 5.75 Å². The molecule has 3 aromatic rings. The lowest BCUT2D eigenvalue weighted by molar-refractivity contribution is -0.383. The normalized spacial score (nSPS) is 11.0. The second-order valence-electron chi connectivity index (χ2n) is 5.55. The third-order valence-electron chi connectivity index (χ3n) is 3.99. The van der Waals surface area contributed by atoms with Gasteiger partial charge < -0.3 is 9.72 Å². The first-order valence-corrected chi connectivity index (χ1v) is 7.74. The Kier molecular flexibility index (Phi) is 4.66. The molecule has 0 atom stereocenters. The Balaban J connectivity index is 1.81. The maximum atomic E-state index is 12.4. The number of benzene rings is 2. The van der Waals surface area contributed by atoms with Crippen molar-refractivity contribution in [2.45, 2.75) is 6.92 Å². The Bertz CT molecular complexity index is 1010. The van der Waals surface area contributed by atoms with E-state index in [2.05, 4.69) is 15.5 Å². The Hall–Kier alpha value is -3.68. The molecule has 8 nitrogen and oxygen atoms in total. The van der Waals surface area contributed by atoms with Gasteiger partial charge in [0.15, 0.2) is 0 Å². The lowest BCUT2D eigenvalue weighted by atomic mass is 10.1. The molecule has 0 radical (unpaired) electrons. The van der Waals surface area contributed by atoms with Crippen molar-refractivity contribution in [3.05, 3.63) is 69.4 Å². The van der Waals surface area contributed by atoms with Gasteiger partial charge in [0.1, 0.15) is 17.0 Å². The number of nitro groups is 1. The molecule has 8 heteroatoms. The monoisotopic (exact) mass is 352 g/mol. The van der Waals surface area contributed by atoms with Gasteiger partial charge in [-0.15, -0.1) is 0 Å². The smallest absolute Gasteiger partial charge is 0.293 e. The van der Waals surface area contributed by atoms with Gasteiger partial charge in [-0.05, 0) is 42.3 Å². The molecular weight excluding hydrogens is 336 g/mol. The van der Waals surface area contributed by atoms with E-state index in [1.807, 2.05) is 0 Å². The van der Waals surface area contributed by atoms with Gasteiger partial charge in [0.25, 0.3) is 11.6 Å². The van der Waals surface area contributed by atoms with Gasteiger partial charge in [0, 0.05) is 11.5 Å². The van der Waals surface area contributed by atoms with Crippen molar-refractivity contribution in [2.24, 2.45) is 5.10 Å². The fourth-order valence-corrected chi connectivity index (χ4v) is 2.63. The van der Waals surface area contributed by atoms with Gasteiger partial charge in [-0.1, -0.05) is 12.1 Å². The Morgan fingerprint density at radius 3 is 2.65 bits per heavy atom. The molecule has 0 aliphatic heterocycles. The van der Waals surface area contributed by atoms with Gasteiger partial charge in [-0.2, -0.15) is 5.10 Å². The molecule has 2 aromatic carbocycles. The van der Waals surface area contributed by atoms with E-state index < -0.39 is 10.8 Å². The first-order chi connectivity index (χ1) is 12.5. The highest BCUT2D eigenvalue weighted by atomic mass is 16.6. The highest BCUT2D eigenvalue weighted by Gasteiger charge is 2.20. The van der Waals surface area contributed by atoms with Crippen LogP contribution in [0.15, 0.2) is 47.6 Å². The molecule has 0 spiro atoms. The van der Waals surface area contributed by atoms with Crippen LogP contribution in [0.3, 0.4) is 0 Å². The number of para-hydroxylation sites is 1. The van der Waals surface area contributed by atoms with Crippen molar-refractivity contribution in [1.29, 1.82) is 0 Å². The van der Waals surface area contributed by atoms with Crippen molar-refractivity contribution in [2.75, 3.05) is 7.11 Å². The number of ether oxygens (including phenoxy) is 1. The highest BCUT2D eigenvalue weighted by Crippen LogP contribution is 2.29. The predicted molar refractivity (Wildman–Crippen MR) is 97.7 cm³/mol. The summed E-state index contributed by atoms with van der Waals surface area (Å²) in [5, 5.41) is 15.7. The predicted octanol–water partition coefficient (Wildman–Crippen LogP) is 3.16. The molecule has 1 amide bonds. The van der Waals surface area contributed by atoms with Gasteiger partial charge in [0.05, 0.1) is 18.2 Å². The molecule has 26 heavy (non-hydrogen) atoms. The van der Waals surface area contributed by atoms with Crippen LogP contribution in [0.4, 0.5) is 5.69 Å². The molecule has 0 unspecified atom stereocenters. The summed E-state index contributed by atoms with van der Waals surface area (Å²) in [5.74, 6) is 0.249. The quantitative estimate of drug-likeness (QED) is 0.417. The number of aromatic nitrogens is 1. The second-order valence-corrected chi connectivity index (χ2v) is 5.55.